The summed E-state index contributed by atoms with van der Waals surface area (Å²) in [7, 11) is 1.78. The van der Waals surface area contributed by atoms with Gasteiger partial charge >= 0.3 is 0 Å². The molecule has 5 nitrogen and oxygen atoms in total. The molecule has 140 valence electrons. The van der Waals surface area contributed by atoms with Gasteiger partial charge in [0.25, 0.3) is 0 Å². The van der Waals surface area contributed by atoms with Crippen molar-refractivity contribution < 1.29 is 4.79 Å². The molecule has 0 fully saturated rings. The van der Waals surface area contributed by atoms with Crippen molar-refractivity contribution in [3.8, 4) is 11.3 Å². The van der Waals surface area contributed by atoms with E-state index in [0.29, 0.717) is 12.2 Å². The Morgan fingerprint density at radius 3 is 2.37 bits per heavy atom. The zero-order valence-electron chi connectivity index (χ0n) is 15.4. The van der Waals surface area contributed by atoms with E-state index in [1.165, 1.54) is 18.3 Å². The first-order chi connectivity index (χ1) is 12.9. The molecule has 0 spiro atoms. The number of aromatic nitrogens is 3. The molecule has 7 heteroatoms. The van der Waals surface area contributed by atoms with Gasteiger partial charge in [-0.05, 0) is 101 Å². The molecule has 2 aromatic heterocycles. The minimum Gasteiger partial charge on any atom is -0.298 e. The Morgan fingerprint density at radius 1 is 1.11 bits per heavy atom. The first-order valence-electron chi connectivity index (χ1n) is 8.55. The summed E-state index contributed by atoms with van der Waals surface area (Å²) in [6.45, 7) is 4.09. The summed E-state index contributed by atoms with van der Waals surface area (Å²) in [5, 5.41) is 7.41. The van der Waals surface area contributed by atoms with Gasteiger partial charge in [-0.25, -0.2) is 0 Å². The smallest absolute Gasteiger partial charge is 0.228 e. The van der Waals surface area contributed by atoms with Gasteiger partial charge in [0.15, 0.2) is 5.82 Å². The number of anilines is 1. The van der Waals surface area contributed by atoms with Crippen LogP contribution >= 0.6 is 45.2 Å². The third-order valence-corrected chi connectivity index (χ3v) is 6.85. The maximum Gasteiger partial charge on any atom is 0.228 e. The topological polar surface area (TPSA) is 61.9 Å². The molecule has 0 aliphatic heterocycles. The van der Waals surface area contributed by atoms with Gasteiger partial charge < -0.3 is 0 Å². The predicted molar refractivity (Wildman–Crippen MR) is 125 cm³/mol. The van der Waals surface area contributed by atoms with Gasteiger partial charge in [0.1, 0.15) is 0 Å². The van der Waals surface area contributed by atoms with E-state index in [0.717, 1.165) is 23.2 Å². The number of amides is 1. The molecule has 1 amide bonds. The first-order valence-corrected chi connectivity index (χ1v) is 10.7. The number of nitrogens with zero attached hydrogens (tertiary/aromatic N) is 3. The highest BCUT2D eigenvalue weighted by Gasteiger charge is 2.19. The average molecular weight is 586 g/mol. The van der Waals surface area contributed by atoms with E-state index in [-0.39, 0.29) is 5.91 Å². The van der Waals surface area contributed by atoms with Gasteiger partial charge in [0.2, 0.25) is 5.91 Å². The number of halogens is 2. The van der Waals surface area contributed by atoms with E-state index in [9.17, 15) is 4.79 Å². The fraction of sp³-hybridized carbons (Fsp3) is 0.250. The lowest BCUT2D eigenvalue weighted by Crippen LogP contribution is -2.27. The Morgan fingerprint density at radius 2 is 1.74 bits per heavy atom. The van der Waals surface area contributed by atoms with Crippen molar-refractivity contribution in [2.45, 2.75) is 26.7 Å². The standard InChI is InChI=1S/C20H20I2N4O/c1-12-16(21)10-14(11-17(12)22)4-5-18(27)26(3)20-13(2)19(24-25-20)15-6-8-23-9-7-15/h6-11H,4-5H2,1-3H3,(H,24,25). The predicted octanol–water partition coefficient (Wildman–Crippen LogP) is 4.89. The van der Waals surface area contributed by atoms with E-state index in [1.54, 1.807) is 24.3 Å². The number of H-pyrrole nitrogens is 1. The molecule has 0 saturated heterocycles. The van der Waals surface area contributed by atoms with E-state index in [2.05, 4.69) is 79.4 Å². The maximum absolute atomic E-state index is 12.7. The summed E-state index contributed by atoms with van der Waals surface area (Å²) < 4.78 is 2.47. The Labute approximate surface area is 186 Å². The zero-order valence-corrected chi connectivity index (χ0v) is 19.7. The molecule has 27 heavy (non-hydrogen) atoms. The number of nitrogens with one attached hydrogen (secondary N) is 1. The third kappa shape index (κ3) is 4.50. The van der Waals surface area contributed by atoms with Crippen LogP contribution in [0.4, 0.5) is 5.82 Å². The quantitative estimate of drug-likeness (QED) is 0.434. The van der Waals surface area contributed by atoms with Gasteiger partial charge in [-0.15, -0.1) is 0 Å². The van der Waals surface area contributed by atoms with E-state index >= 15 is 0 Å². The molecule has 0 unspecified atom stereocenters. The second-order valence-electron chi connectivity index (χ2n) is 6.42. The summed E-state index contributed by atoms with van der Waals surface area (Å²) in [6, 6.07) is 8.17. The van der Waals surface area contributed by atoms with Crippen LogP contribution in [0.1, 0.15) is 23.1 Å². The Bertz CT molecular complexity index is 946. The lowest BCUT2D eigenvalue weighted by Gasteiger charge is -2.16. The second-order valence-corrected chi connectivity index (χ2v) is 8.74. The Balaban J connectivity index is 1.72. The molecule has 0 radical (unpaired) electrons. The molecule has 2 heterocycles. The molecule has 0 bridgehead atoms. The van der Waals surface area contributed by atoms with Crippen LogP contribution in [0.15, 0.2) is 36.7 Å². The van der Waals surface area contributed by atoms with Crippen LogP contribution in [0.5, 0.6) is 0 Å². The number of hydrogen-bond donors (Lipinski definition) is 1. The molecule has 1 aromatic carbocycles. The van der Waals surface area contributed by atoms with Crippen LogP contribution in [-0.2, 0) is 11.2 Å². The summed E-state index contributed by atoms with van der Waals surface area (Å²) in [5.41, 5.74) is 5.35. The number of pyridine rings is 1. The maximum atomic E-state index is 12.7. The number of carbonyl (C=O) groups excluding carboxylic acids is 1. The minimum absolute atomic E-state index is 0.0523. The summed E-state index contributed by atoms with van der Waals surface area (Å²) in [6.07, 6.45) is 4.65. The molecule has 3 rings (SSSR count). The largest absolute Gasteiger partial charge is 0.298 e. The number of carbonyl (C=O) groups is 1. The fourth-order valence-electron chi connectivity index (χ4n) is 2.89. The Kier molecular flexibility index (Phi) is 6.51. The fourth-order valence-corrected chi connectivity index (χ4v) is 4.79. The number of aromatic amines is 1. The normalized spacial score (nSPS) is 10.9. The van der Waals surface area contributed by atoms with Crippen LogP contribution in [-0.4, -0.2) is 28.1 Å². The molecule has 0 aliphatic carbocycles. The van der Waals surface area contributed by atoms with E-state index < -0.39 is 0 Å². The van der Waals surface area contributed by atoms with Crippen LogP contribution in [0.3, 0.4) is 0 Å². The highest BCUT2D eigenvalue weighted by atomic mass is 127. The van der Waals surface area contributed by atoms with E-state index in [4.69, 9.17) is 0 Å². The van der Waals surface area contributed by atoms with Crippen molar-refractivity contribution in [2.24, 2.45) is 0 Å². The van der Waals surface area contributed by atoms with Crippen molar-refractivity contribution >= 4 is 56.9 Å². The Hall–Kier alpha value is -1.49. The van der Waals surface area contributed by atoms with Crippen LogP contribution in [0.2, 0.25) is 0 Å². The van der Waals surface area contributed by atoms with Gasteiger partial charge in [0.05, 0.1) is 5.69 Å². The van der Waals surface area contributed by atoms with Crippen LogP contribution < -0.4 is 4.90 Å². The number of aryl methyl sites for hydroxylation is 1. The molecular weight excluding hydrogens is 566 g/mol. The van der Waals surface area contributed by atoms with Crippen molar-refractivity contribution in [1.29, 1.82) is 0 Å². The van der Waals surface area contributed by atoms with Gasteiger partial charge in [0, 0.05) is 44.1 Å². The van der Waals surface area contributed by atoms with Crippen molar-refractivity contribution in [2.75, 3.05) is 11.9 Å². The molecule has 0 atom stereocenters. The highest BCUT2D eigenvalue weighted by molar-refractivity contribution is 14.1. The number of rotatable bonds is 5. The molecule has 1 N–H and O–H groups in total. The minimum atomic E-state index is 0.0523. The van der Waals surface area contributed by atoms with Crippen molar-refractivity contribution in [1.82, 2.24) is 15.2 Å². The second kappa shape index (κ2) is 8.68. The van der Waals surface area contributed by atoms with Crippen LogP contribution in [0.25, 0.3) is 11.3 Å². The van der Waals surface area contributed by atoms with Gasteiger partial charge in [-0.2, -0.15) is 5.10 Å². The summed E-state index contributed by atoms with van der Waals surface area (Å²) >= 11 is 4.70. The summed E-state index contributed by atoms with van der Waals surface area (Å²) in [4.78, 5) is 18.4. The van der Waals surface area contributed by atoms with E-state index in [1.807, 2.05) is 19.1 Å². The average Bonchev–Trinajstić information content (AvgIpc) is 3.05. The highest BCUT2D eigenvalue weighted by Crippen LogP contribution is 2.28. The first kappa shape index (κ1) is 20.2. The zero-order chi connectivity index (χ0) is 19.6. The molecule has 3 aromatic rings. The monoisotopic (exact) mass is 586 g/mol. The lowest BCUT2D eigenvalue weighted by molar-refractivity contribution is -0.118. The molecular formula is C20H20I2N4O. The van der Waals surface area contributed by atoms with Crippen molar-refractivity contribution in [3.63, 3.8) is 0 Å². The van der Waals surface area contributed by atoms with Crippen molar-refractivity contribution in [3.05, 3.63) is 60.5 Å². The van der Waals surface area contributed by atoms with Crippen LogP contribution in [0, 0.1) is 21.0 Å². The SMILES string of the molecule is Cc1c(I)cc(CCC(=O)N(C)c2n[nH]c(-c3ccncc3)c2C)cc1I. The number of benzene rings is 1. The summed E-state index contributed by atoms with van der Waals surface area (Å²) in [5.74, 6) is 0.719. The third-order valence-electron chi connectivity index (χ3n) is 4.61. The lowest BCUT2D eigenvalue weighted by atomic mass is 10.1. The number of hydrogen-bond acceptors (Lipinski definition) is 3. The molecule has 0 saturated carbocycles. The van der Waals surface area contributed by atoms with Gasteiger partial charge in [-0.1, -0.05) is 0 Å². The molecule has 0 aliphatic rings. The van der Waals surface area contributed by atoms with Gasteiger partial charge in [-0.3, -0.25) is 19.8 Å².